The SMILES string of the molecule is CC(C)(O)CCOC(=O)c1ccn(-c2cccc(N)c2)n1. The molecule has 0 unspecified atom stereocenters. The maximum absolute atomic E-state index is 11.8. The second kappa shape index (κ2) is 5.97. The van der Waals surface area contributed by atoms with Crippen molar-refractivity contribution in [2.75, 3.05) is 12.3 Å². The first-order valence-corrected chi connectivity index (χ1v) is 6.66. The molecule has 2 rings (SSSR count). The van der Waals surface area contributed by atoms with Gasteiger partial charge in [0.05, 0.1) is 17.9 Å². The van der Waals surface area contributed by atoms with E-state index in [9.17, 15) is 9.90 Å². The predicted molar refractivity (Wildman–Crippen MR) is 79.2 cm³/mol. The number of aliphatic hydroxyl groups is 1. The smallest absolute Gasteiger partial charge is 0.358 e. The maximum Gasteiger partial charge on any atom is 0.358 e. The van der Waals surface area contributed by atoms with Crippen LogP contribution in [0, 0.1) is 0 Å². The van der Waals surface area contributed by atoms with E-state index in [1.165, 1.54) is 0 Å². The molecule has 0 amide bonds. The van der Waals surface area contributed by atoms with E-state index in [1.807, 2.05) is 12.1 Å². The van der Waals surface area contributed by atoms with Gasteiger partial charge in [-0.2, -0.15) is 5.10 Å². The van der Waals surface area contributed by atoms with Crippen LogP contribution in [0.4, 0.5) is 5.69 Å². The van der Waals surface area contributed by atoms with Crippen LogP contribution in [-0.2, 0) is 4.74 Å². The minimum Gasteiger partial charge on any atom is -0.461 e. The molecule has 21 heavy (non-hydrogen) atoms. The molecule has 0 saturated heterocycles. The number of nitrogen functional groups attached to an aromatic ring is 1. The van der Waals surface area contributed by atoms with Gasteiger partial charge in [0, 0.05) is 18.3 Å². The van der Waals surface area contributed by atoms with E-state index < -0.39 is 11.6 Å². The molecule has 0 aliphatic carbocycles. The second-order valence-electron chi connectivity index (χ2n) is 5.44. The van der Waals surface area contributed by atoms with Crippen LogP contribution >= 0.6 is 0 Å². The number of hydrogen-bond donors (Lipinski definition) is 2. The van der Waals surface area contributed by atoms with Gasteiger partial charge in [-0.25, -0.2) is 9.48 Å². The molecule has 1 aromatic heterocycles. The van der Waals surface area contributed by atoms with Crippen molar-refractivity contribution >= 4 is 11.7 Å². The molecule has 2 aromatic rings. The Morgan fingerprint density at radius 1 is 1.43 bits per heavy atom. The highest BCUT2D eigenvalue weighted by Gasteiger charge is 2.16. The Morgan fingerprint density at radius 3 is 2.86 bits per heavy atom. The molecule has 0 aliphatic heterocycles. The summed E-state index contributed by atoms with van der Waals surface area (Å²) in [6.45, 7) is 3.47. The zero-order chi connectivity index (χ0) is 15.5. The summed E-state index contributed by atoms with van der Waals surface area (Å²) in [6, 6.07) is 8.77. The number of rotatable bonds is 5. The molecule has 1 heterocycles. The quantitative estimate of drug-likeness (QED) is 0.646. The average molecular weight is 289 g/mol. The number of carbonyl (C=O) groups is 1. The standard InChI is InChI=1S/C15H19N3O3/c1-15(2,20)7-9-21-14(19)13-6-8-18(17-13)12-5-3-4-11(16)10-12/h3-6,8,10,20H,7,9,16H2,1-2H3. The van der Waals surface area contributed by atoms with Gasteiger partial charge in [-0.3, -0.25) is 0 Å². The minimum absolute atomic E-state index is 0.146. The van der Waals surface area contributed by atoms with Crippen molar-refractivity contribution in [1.29, 1.82) is 0 Å². The van der Waals surface area contributed by atoms with Crippen LogP contribution < -0.4 is 5.73 Å². The van der Waals surface area contributed by atoms with Gasteiger partial charge in [0.25, 0.3) is 0 Å². The summed E-state index contributed by atoms with van der Waals surface area (Å²) in [5.74, 6) is -0.512. The third kappa shape index (κ3) is 4.32. The van der Waals surface area contributed by atoms with Crippen molar-refractivity contribution in [2.45, 2.75) is 25.9 Å². The Morgan fingerprint density at radius 2 is 2.19 bits per heavy atom. The molecule has 6 nitrogen and oxygen atoms in total. The molecule has 0 saturated carbocycles. The number of ether oxygens (including phenoxy) is 1. The van der Waals surface area contributed by atoms with Gasteiger partial charge >= 0.3 is 5.97 Å². The fraction of sp³-hybridized carbons (Fsp3) is 0.333. The Balaban J connectivity index is 2.01. The van der Waals surface area contributed by atoms with Gasteiger partial charge in [-0.05, 0) is 38.1 Å². The van der Waals surface area contributed by atoms with Crippen molar-refractivity contribution < 1.29 is 14.6 Å². The summed E-state index contributed by atoms with van der Waals surface area (Å²) in [7, 11) is 0. The summed E-state index contributed by atoms with van der Waals surface area (Å²) in [6.07, 6.45) is 2.04. The molecule has 112 valence electrons. The maximum atomic E-state index is 11.8. The molecule has 0 spiro atoms. The lowest BCUT2D eigenvalue weighted by Gasteiger charge is -2.16. The highest BCUT2D eigenvalue weighted by molar-refractivity contribution is 5.87. The summed E-state index contributed by atoms with van der Waals surface area (Å²) in [5.41, 5.74) is 6.46. The van der Waals surface area contributed by atoms with E-state index in [-0.39, 0.29) is 12.3 Å². The van der Waals surface area contributed by atoms with E-state index in [2.05, 4.69) is 5.10 Å². The molecular weight excluding hydrogens is 270 g/mol. The van der Waals surface area contributed by atoms with E-state index in [0.29, 0.717) is 12.1 Å². The number of carbonyl (C=O) groups excluding carboxylic acids is 1. The first-order valence-electron chi connectivity index (χ1n) is 6.66. The predicted octanol–water partition coefficient (Wildman–Crippen LogP) is 1.77. The summed E-state index contributed by atoms with van der Waals surface area (Å²) < 4.78 is 6.64. The van der Waals surface area contributed by atoms with Gasteiger partial charge in [-0.1, -0.05) is 6.07 Å². The number of aromatic nitrogens is 2. The number of anilines is 1. The minimum atomic E-state index is -0.860. The summed E-state index contributed by atoms with van der Waals surface area (Å²) >= 11 is 0. The van der Waals surface area contributed by atoms with Crippen LogP contribution in [0.25, 0.3) is 5.69 Å². The largest absolute Gasteiger partial charge is 0.461 e. The number of esters is 1. The van der Waals surface area contributed by atoms with Crippen molar-refractivity contribution in [1.82, 2.24) is 9.78 Å². The summed E-state index contributed by atoms with van der Waals surface area (Å²) in [5, 5.41) is 13.7. The second-order valence-corrected chi connectivity index (χ2v) is 5.44. The Labute approximate surface area is 123 Å². The highest BCUT2D eigenvalue weighted by atomic mass is 16.5. The molecule has 3 N–H and O–H groups in total. The molecule has 0 fully saturated rings. The van der Waals surface area contributed by atoms with Crippen LogP contribution in [-0.4, -0.2) is 33.1 Å². The molecule has 0 aliphatic rings. The molecule has 1 aromatic carbocycles. The molecule has 6 heteroatoms. The van der Waals surface area contributed by atoms with Crippen molar-refractivity contribution in [2.24, 2.45) is 0 Å². The zero-order valence-electron chi connectivity index (χ0n) is 12.1. The Kier molecular flexibility index (Phi) is 4.28. The molecular formula is C15H19N3O3. The highest BCUT2D eigenvalue weighted by Crippen LogP contribution is 2.12. The van der Waals surface area contributed by atoms with E-state index in [0.717, 1.165) is 5.69 Å². The first kappa shape index (κ1) is 15.1. The van der Waals surface area contributed by atoms with Gasteiger partial charge < -0.3 is 15.6 Å². The zero-order valence-corrected chi connectivity index (χ0v) is 12.1. The lowest BCUT2D eigenvalue weighted by atomic mass is 10.1. The number of hydrogen-bond acceptors (Lipinski definition) is 5. The van der Waals surface area contributed by atoms with Gasteiger partial charge in [0.1, 0.15) is 0 Å². The summed E-state index contributed by atoms with van der Waals surface area (Å²) in [4.78, 5) is 11.8. The first-order chi connectivity index (χ1) is 9.85. The van der Waals surface area contributed by atoms with Gasteiger partial charge in [-0.15, -0.1) is 0 Å². The van der Waals surface area contributed by atoms with Gasteiger partial charge in [0.15, 0.2) is 5.69 Å². The molecule has 0 bridgehead atoms. The van der Waals surface area contributed by atoms with Gasteiger partial charge in [0.2, 0.25) is 0 Å². The number of nitrogens with two attached hydrogens (primary N) is 1. The number of benzene rings is 1. The van der Waals surface area contributed by atoms with E-state index in [4.69, 9.17) is 10.5 Å². The van der Waals surface area contributed by atoms with Crippen LogP contribution in [0.15, 0.2) is 36.5 Å². The van der Waals surface area contributed by atoms with E-state index >= 15 is 0 Å². The van der Waals surface area contributed by atoms with Crippen molar-refractivity contribution in [3.05, 3.63) is 42.2 Å². The normalized spacial score (nSPS) is 11.4. The lowest BCUT2D eigenvalue weighted by Crippen LogP contribution is -2.22. The fourth-order valence-corrected chi connectivity index (χ4v) is 1.71. The third-order valence-corrected chi connectivity index (χ3v) is 2.88. The van der Waals surface area contributed by atoms with Crippen LogP contribution in [0.2, 0.25) is 0 Å². The monoisotopic (exact) mass is 289 g/mol. The Bertz CT molecular complexity index is 629. The van der Waals surface area contributed by atoms with Crippen LogP contribution in [0.1, 0.15) is 30.8 Å². The lowest BCUT2D eigenvalue weighted by molar-refractivity contribution is 0.0240. The average Bonchev–Trinajstić information content (AvgIpc) is 2.86. The molecule has 0 radical (unpaired) electrons. The van der Waals surface area contributed by atoms with Crippen LogP contribution in [0.5, 0.6) is 0 Å². The van der Waals surface area contributed by atoms with Crippen molar-refractivity contribution in [3.63, 3.8) is 0 Å². The fourth-order valence-electron chi connectivity index (χ4n) is 1.71. The number of nitrogens with zero attached hydrogens (tertiary/aromatic N) is 2. The Hall–Kier alpha value is -2.34. The van der Waals surface area contributed by atoms with E-state index in [1.54, 1.807) is 42.9 Å². The molecule has 0 atom stereocenters. The third-order valence-electron chi connectivity index (χ3n) is 2.88. The van der Waals surface area contributed by atoms with Crippen LogP contribution in [0.3, 0.4) is 0 Å². The van der Waals surface area contributed by atoms with Crippen molar-refractivity contribution in [3.8, 4) is 5.69 Å². The topological polar surface area (TPSA) is 90.4 Å².